The van der Waals surface area contributed by atoms with Gasteiger partial charge in [-0.15, -0.1) is 0 Å². The molecular weight excluding hydrogens is 468 g/mol. The van der Waals surface area contributed by atoms with Crippen LogP contribution in [0.1, 0.15) is 18.1 Å². The molecule has 0 fully saturated rings. The third-order valence-corrected chi connectivity index (χ3v) is 6.69. The number of hydrogen-bond acceptors (Lipinski definition) is 4. The summed E-state index contributed by atoms with van der Waals surface area (Å²) in [4.78, 5) is 40.9. The molecule has 0 radical (unpaired) electrons. The van der Waals surface area contributed by atoms with Crippen LogP contribution in [-0.2, 0) is 24.8 Å². The lowest BCUT2D eigenvalue weighted by Crippen LogP contribution is -2.41. The number of carbonyl (C=O) groups is 1. The van der Waals surface area contributed by atoms with Crippen molar-refractivity contribution in [2.75, 3.05) is 12.4 Å². The highest BCUT2D eigenvalue weighted by Gasteiger charge is 2.23. The Hall–Kier alpha value is -4.59. The zero-order chi connectivity index (χ0) is 26.3. The molecule has 5 aromatic rings. The largest absolute Gasteiger partial charge is 0.497 e. The summed E-state index contributed by atoms with van der Waals surface area (Å²) in [7, 11) is 3.34. The van der Waals surface area contributed by atoms with Crippen LogP contribution >= 0.6 is 0 Å². The van der Waals surface area contributed by atoms with E-state index in [1.165, 1.54) is 4.57 Å². The normalized spacial score (nSPS) is 11.2. The third kappa shape index (κ3) is 4.20. The molecule has 188 valence electrons. The third-order valence-electron chi connectivity index (χ3n) is 6.69. The number of hydrogen-bond donors (Lipinski definition) is 1. The number of aryl methyl sites for hydroxylation is 3. The Balaban J connectivity index is 1.76. The van der Waals surface area contributed by atoms with Crippen LogP contribution in [0, 0.1) is 6.92 Å². The number of benzene rings is 3. The van der Waals surface area contributed by atoms with Gasteiger partial charge in [0.1, 0.15) is 17.8 Å². The first kappa shape index (κ1) is 24.1. The van der Waals surface area contributed by atoms with Crippen LogP contribution in [0.3, 0.4) is 0 Å². The van der Waals surface area contributed by atoms with Gasteiger partial charge in [0.15, 0.2) is 0 Å². The Morgan fingerprint density at radius 1 is 0.973 bits per heavy atom. The average molecular weight is 497 g/mol. The Morgan fingerprint density at radius 2 is 1.73 bits per heavy atom. The maximum absolute atomic E-state index is 13.9. The van der Waals surface area contributed by atoms with Gasteiger partial charge in [0, 0.05) is 18.1 Å². The molecule has 5 rings (SSSR count). The first-order chi connectivity index (χ1) is 17.8. The molecule has 1 amide bonds. The van der Waals surface area contributed by atoms with Crippen LogP contribution in [0.2, 0.25) is 0 Å². The fourth-order valence-corrected chi connectivity index (χ4v) is 4.74. The summed E-state index contributed by atoms with van der Waals surface area (Å²) in [6.07, 6.45) is 0.836. The van der Waals surface area contributed by atoms with E-state index in [0.717, 1.165) is 27.6 Å². The molecule has 0 unspecified atom stereocenters. The molecule has 3 aromatic carbocycles. The quantitative estimate of drug-likeness (QED) is 0.382. The average Bonchev–Trinajstić information content (AvgIpc) is 3.19. The predicted molar refractivity (Wildman–Crippen MR) is 146 cm³/mol. The van der Waals surface area contributed by atoms with Gasteiger partial charge in [0.2, 0.25) is 5.91 Å². The highest BCUT2D eigenvalue weighted by molar-refractivity contribution is 6.07. The lowest BCUT2D eigenvalue weighted by Gasteiger charge is -2.14. The van der Waals surface area contributed by atoms with Crippen molar-refractivity contribution in [1.82, 2.24) is 13.7 Å². The SMILES string of the molecule is CCc1cccc(NC(=O)Cn2c(=O)n(-c3ccc(C)cc3)c(=O)c3c2c2cc(OC)ccc2n3C)c1. The second-order valence-electron chi connectivity index (χ2n) is 9.09. The van der Waals surface area contributed by atoms with Crippen LogP contribution in [0.4, 0.5) is 5.69 Å². The fraction of sp³-hybridized carbons (Fsp3) is 0.207. The highest BCUT2D eigenvalue weighted by atomic mass is 16.5. The van der Waals surface area contributed by atoms with Gasteiger partial charge in [-0.25, -0.2) is 9.36 Å². The first-order valence-corrected chi connectivity index (χ1v) is 12.1. The first-order valence-electron chi connectivity index (χ1n) is 12.1. The molecule has 37 heavy (non-hydrogen) atoms. The van der Waals surface area contributed by atoms with Crippen LogP contribution in [0.15, 0.2) is 76.3 Å². The lowest BCUT2D eigenvalue weighted by molar-refractivity contribution is -0.116. The molecule has 8 nitrogen and oxygen atoms in total. The molecule has 0 aliphatic heterocycles. The van der Waals surface area contributed by atoms with Gasteiger partial charge in [0.25, 0.3) is 5.56 Å². The molecule has 0 saturated heterocycles. The maximum atomic E-state index is 13.9. The van der Waals surface area contributed by atoms with E-state index < -0.39 is 11.2 Å². The van der Waals surface area contributed by atoms with Gasteiger partial charge in [-0.05, 0) is 61.4 Å². The molecule has 2 heterocycles. The number of carbonyl (C=O) groups excluding carboxylic acids is 1. The number of fused-ring (bicyclic) bond motifs is 3. The molecular formula is C29H28N4O4. The van der Waals surface area contributed by atoms with E-state index >= 15 is 0 Å². The standard InChI is InChI=1S/C29H28N4O4/c1-5-19-7-6-8-20(15-19)30-25(34)17-32-26-23-16-22(37-4)13-14-24(23)31(3)27(26)28(35)33(29(32)36)21-11-9-18(2)10-12-21/h6-16H,5,17H2,1-4H3,(H,30,34). The number of anilines is 1. The number of aromatic nitrogens is 3. The van der Waals surface area contributed by atoms with Crippen molar-refractivity contribution in [3.63, 3.8) is 0 Å². The van der Waals surface area contributed by atoms with Gasteiger partial charge in [-0.3, -0.25) is 14.2 Å². The fourth-order valence-electron chi connectivity index (χ4n) is 4.74. The van der Waals surface area contributed by atoms with Crippen molar-refractivity contribution in [2.24, 2.45) is 7.05 Å². The summed E-state index contributed by atoms with van der Waals surface area (Å²) < 4.78 is 9.67. The van der Waals surface area contributed by atoms with Gasteiger partial charge >= 0.3 is 5.69 Å². The van der Waals surface area contributed by atoms with E-state index in [2.05, 4.69) is 5.32 Å². The van der Waals surface area contributed by atoms with Crippen molar-refractivity contribution in [3.8, 4) is 11.4 Å². The summed E-state index contributed by atoms with van der Waals surface area (Å²) in [6.45, 7) is 3.71. The van der Waals surface area contributed by atoms with Crippen LogP contribution < -0.4 is 21.3 Å². The van der Waals surface area contributed by atoms with E-state index in [1.54, 1.807) is 43.0 Å². The summed E-state index contributed by atoms with van der Waals surface area (Å²) in [5.74, 6) is 0.216. The summed E-state index contributed by atoms with van der Waals surface area (Å²) in [5.41, 5.74) is 3.61. The van der Waals surface area contributed by atoms with Crippen molar-refractivity contribution in [3.05, 3.63) is 98.7 Å². The number of rotatable bonds is 6. The smallest absolute Gasteiger partial charge is 0.336 e. The Labute approximate surface area is 213 Å². The zero-order valence-corrected chi connectivity index (χ0v) is 21.2. The van der Waals surface area contributed by atoms with Gasteiger partial charge in [0.05, 0.1) is 23.8 Å². The minimum atomic E-state index is -0.589. The molecule has 8 heteroatoms. The summed E-state index contributed by atoms with van der Waals surface area (Å²) in [6, 6.07) is 20.2. The maximum Gasteiger partial charge on any atom is 0.336 e. The van der Waals surface area contributed by atoms with Crippen LogP contribution in [-0.4, -0.2) is 26.7 Å². The molecule has 0 bridgehead atoms. The molecule has 0 saturated carbocycles. The Morgan fingerprint density at radius 3 is 2.43 bits per heavy atom. The van der Waals surface area contributed by atoms with E-state index in [9.17, 15) is 14.4 Å². The van der Waals surface area contributed by atoms with Crippen molar-refractivity contribution >= 4 is 33.5 Å². The zero-order valence-electron chi connectivity index (χ0n) is 21.2. The summed E-state index contributed by atoms with van der Waals surface area (Å²) in [5, 5.41) is 3.55. The topological polar surface area (TPSA) is 87.3 Å². The number of nitrogens with zero attached hydrogens (tertiary/aromatic N) is 3. The van der Waals surface area contributed by atoms with Crippen molar-refractivity contribution < 1.29 is 9.53 Å². The molecule has 0 aliphatic carbocycles. The van der Waals surface area contributed by atoms with Gasteiger partial charge < -0.3 is 14.6 Å². The highest BCUT2D eigenvalue weighted by Crippen LogP contribution is 2.29. The Bertz CT molecular complexity index is 1780. The Kier molecular flexibility index (Phi) is 6.17. The molecule has 2 aromatic heterocycles. The summed E-state index contributed by atoms with van der Waals surface area (Å²) >= 11 is 0. The van der Waals surface area contributed by atoms with Crippen LogP contribution in [0.5, 0.6) is 5.75 Å². The number of methoxy groups -OCH3 is 1. The number of nitrogens with one attached hydrogen (secondary N) is 1. The van der Waals surface area contributed by atoms with E-state index in [4.69, 9.17) is 4.74 Å². The van der Waals surface area contributed by atoms with Gasteiger partial charge in [-0.2, -0.15) is 0 Å². The second kappa shape index (κ2) is 9.46. The number of ether oxygens (including phenoxy) is 1. The van der Waals surface area contributed by atoms with Crippen molar-refractivity contribution in [2.45, 2.75) is 26.8 Å². The van der Waals surface area contributed by atoms with Crippen LogP contribution in [0.25, 0.3) is 27.6 Å². The van der Waals surface area contributed by atoms with E-state index in [0.29, 0.717) is 33.5 Å². The molecule has 1 N–H and O–H groups in total. The molecule has 0 spiro atoms. The lowest BCUT2D eigenvalue weighted by atomic mass is 10.1. The molecule has 0 aliphatic rings. The monoisotopic (exact) mass is 496 g/mol. The minimum Gasteiger partial charge on any atom is -0.497 e. The molecule has 0 atom stereocenters. The minimum absolute atomic E-state index is 0.270. The second-order valence-corrected chi connectivity index (χ2v) is 9.09. The number of amides is 1. The van der Waals surface area contributed by atoms with E-state index in [-0.39, 0.29) is 12.5 Å². The van der Waals surface area contributed by atoms with Gasteiger partial charge in [-0.1, -0.05) is 36.8 Å². The van der Waals surface area contributed by atoms with E-state index in [1.807, 2.05) is 56.3 Å². The van der Waals surface area contributed by atoms with Crippen molar-refractivity contribution in [1.29, 1.82) is 0 Å². The predicted octanol–water partition coefficient (Wildman–Crippen LogP) is 4.16.